The Morgan fingerprint density at radius 3 is 2.53 bits per heavy atom. The molecule has 1 unspecified atom stereocenters. The van der Waals surface area contributed by atoms with Crippen molar-refractivity contribution >= 4 is 17.3 Å². The first-order valence-corrected chi connectivity index (χ1v) is 5.71. The molecule has 1 rings (SSSR count). The first kappa shape index (κ1) is 12.0. The quantitative estimate of drug-likeness (QED) is 0.764. The number of nitrogens with one attached hydrogen (secondary N) is 2. The molecule has 2 nitrogen and oxygen atoms in total. The molecule has 0 aliphatic carbocycles. The van der Waals surface area contributed by atoms with Crippen molar-refractivity contribution < 1.29 is 0 Å². The monoisotopic (exact) mass is 222 g/mol. The molecule has 0 fully saturated rings. The van der Waals surface area contributed by atoms with Crippen molar-refractivity contribution in [3.05, 3.63) is 35.9 Å². The third kappa shape index (κ3) is 4.30. The minimum absolute atomic E-state index is 0.475. The van der Waals surface area contributed by atoms with E-state index in [1.807, 2.05) is 13.0 Å². The highest BCUT2D eigenvalue weighted by Gasteiger charge is 2.04. The van der Waals surface area contributed by atoms with E-state index in [9.17, 15) is 0 Å². The third-order valence-corrected chi connectivity index (χ3v) is 2.56. The molecule has 0 aliphatic rings. The topological polar surface area (TPSA) is 24.1 Å². The summed E-state index contributed by atoms with van der Waals surface area (Å²) in [5.41, 5.74) is 1.34. The van der Waals surface area contributed by atoms with E-state index in [0.29, 0.717) is 5.92 Å². The number of thiocarbonyl (C=S) groups is 1. The van der Waals surface area contributed by atoms with Crippen LogP contribution in [0.3, 0.4) is 0 Å². The molecular weight excluding hydrogens is 204 g/mol. The molecule has 1 aromatic carbocycles. The van der Waals surface area contributed by atoms with Crippen LogP contribution in [0, 0.1) is 0 Å². The predicted molar refractivity (Wildman–Crippen MR) is 69.1 cm³/mol. The molecule has 2 N–H and O–H groups in total. The molecule has 0 radical (unpaired) electrons. The molecule has 3 heteroatoms. The standard InChI is InChI=1S/C12H18N2S/c1-3-13-12(15)14-9-10(2)11-7-5-4-6-8-11/h4-8,10H,3,9H2,1-2H3,(H2,13,14,15). The van der Waals surface area contributed by atoms with Crippen molar-refractivity contribution in [2.24, 2.45) is 0 Å². The van der Waals surface area contributed by atoms with Gasteiger partial charge in [-0.15, -0.1) is 0 Å². The lowest BCUT2D eigenvalue weighted by Crippen LogP contribution is -2.36. The predicted octanol–water partition coefficient (Wildman–Crippen LogP) is 2.27. The average molecular weight is 222 g/mol. The zero-order chi connectivity index (χ0) is 11.1. The van der Waals surface area contributed by atoms with Crippen LogP contribution in [-0.4, -0.2) is 18.2 Å². The number of rotatable bonds is 4. The molecule has 1 atom stereocenters. The van der Waals surface area contributed by atoms with Gasteiger partial charge in [0.25, 0.3) is 0 Å². The zero-order valence-corrected chi connectivity index (χ0v) is 10.1. The van der Waals surface area contributed by atoms with E-state index < -0.39 is 0 Å². The maximum Gasteiger partial charge on any atom is 0.166 e. The summed E-state index contributed by atoms with van der Waals surface area (Å²) < 4.78 is 0. The van der Waals surface area contributed by atoms with Crippen LogP contribution < -0.4 is 10.6 Å². The molecule has 0 heterocycles. The van der Waals surface area contributed by atoms with Gasteiger partial charge in [0, 0.05) is 13.1 Å². The maximum atomic E-state index is 5.10. The Morgan fingerprint density at radius 2 is 1.93 bits per heavy atom. The van der Waals surface area contributed by atoms with Crippen LogP contribution in [0.1, 0.15) is 25.3 Å². The van der Waals surface area contributed by atoms with E-state index in [4.69, 9.17) is 12.2 Å². The Morgan fingerprint density at radius 1 is 1.27 bits per heavy atom. The van der Waals surface area contributed by atoms with Crippen molar-refractivity contribution in [1.82, 2.24) is 10.6 Å². The second kappa shape index (κ2) is 6.40. The molecule has 82 valence electrons. The van der Waals surface area contributed by atoms with Crippen LogP contribution in [0.2, 0.25) is 0 Å². The van der Waals surface area contributed by atoms with Gasteiger partial charge in [-0.3, -0.25) is 0 Å². The molecule has 0 saturated carbocycles. The van der Waals surface area contributed by atoms with Gasteiger partial charge in [-0.2, -0.15) is 0 Å². The molecule has 0 aromatic heterocycles. The third-order valence-electron chi connectivity index (χ3n) is 2.27. The van der Waals surface area contributed by atoms with E-state index in [1.165, 1.54) is 5.56 Å². The van der Waals surface area contributed by atoms with Gasteiger partial charge >= 0.3 is 0 Å². The summed E-state index contributed by atoms with van der Waals surface area (Å²) in [5, 5.41) is 7.01. The van der Waals surface area contributed by atoms with Gasteiger partial charge in [0.2, 0.25) is 0 Å². The van der Waals surface area contributed by atoms with Crippen LogP contribution in [0.25, 0.3) is 0 Å². The number of benzene rings is 1. The molecule has 0 saturated heterocycles. The van der Waals surface area contributed by atoms with E-state index in [-0.39, 0.29) is 0 Å². The van der Waals surface area contributed by atoms with Crippen LogP contribution >= 0.6 is 12.2 Å². The molecule has 15 heavy (non-hydrogen) atoms. The van der Waals surface area contributed by atoms with Crippen molar-refractivity contribution in [2.45, 2.75) is 19.8 Å². The highest BCUT2D eigenvalue weighted by atomic mass is 32.1. The first-order chi connectivity index (χ1) is 7.24. The Labute approximate surface area is 97.1 Å². The fourth-order valence-corrected chi connectivity index (χ4v) is 1.60. The normalized spacial score (nSPS) is 11.9. The van der Waals surface area contributed by atoms with Gasteiger partial charge in [-0.1, -0.05) is 37.3 Å². The molecule has 1 aromatic rings. The summed E-state index contributed by atoms with van der Waals surface area (Å²) in [6, 6.07) is 10.4. The summed E-state index contributed by atoms with van der Waals surface area (Å²) in [4.78, 5) is 0. The Hall–Kier alpha value is -1.09. The molecule has 0 aliphatic heterocycles. The van der Waals surface area contributed by atoms with Crippen LogP contribution in [0.5, 0.6) is 0 Å². The fourth-order valence-electron chi connectivity index (χ4n) is 1.37. The second-order valence-corrected chi connectivity index (χ2v) is 3.96. The van der Waals surface area contributed by atoms with E-state index in [0.717, 1.165) is 18.2 Å². The zero-order valence-electron chi connectivity index (χ0n) is 9.29. The molecule has 0 bridgehead atoms. The largest absolute Gasteiger partial charge is 0.363 e. The lowest BCUT2D eigenvalue weighted by atomic mass is 10.0. The molecule has 0 amide bonds. The van der Waals surface area contributed by atoms with Crippen molar-refractivity contribution in [1.29, 1.82) is 0 Å². The van der Waals surface area contributed by atoms with Gasteiger partial charge < -0.3 is 10.6 Å². The summed E-state index contributed by atoms with van der Waals surface area (Å²) >= 11 is 5.10. The van der Waals surface area contributed by atoms with E-state index >= 15 is 0 Å². The summed E-state index contributed by atoms with van der Waals surface area (Å²) in [6.45, 7) is 5.97. The van der Waals surface area contributed by atoms with Gasteiger partial charge in [-0.25, -0.2) is 0 Å². The Balaban J connectivity index is 2.37. The summed E-state index contributed by atoms with van der Waals surface area (Å²) in [5.74, 6) is 0.475. The summed E-state index contributed by atoms with van der Waals surface area (Å²) in [7, 11) is 0. The van der Waals surface area contributed by atoms with Crippen LogP contribution in [0.4, 0.5) is 0 Å². The Kier molecular flexibility index (Phi) is 5.12. The number of hydrogen-bond acceptors (Lipinski definition) is 1. The maximum absolute atomic E-state index is 5.10. The van der Waals surface area contributed by atoms with Crippen LogP contribution in [-0.2, 0) is 0 Å². The molecular formula is C12H18N2S. The van der Waals surface area contributed by atoms with Crippen molar-refractivity contribution in [3.63, 3.8) is 0 Å². The average Bonchev–Trinajstić information content (AvgIpc) is 2.27. The highest BCUT2D eigenvalue weighted by Crippen LogP contribution is 2.12. The van der Waals surface area contributed by atoms with Crippen molar-refractivity contribution in [3.8, 4) is 0 Å². The Bertz CT molecular complexity index is 298. The van der Waals surface area contributed by atoms with E-state index in [1.54, 1.807) is 0 Å². The van der Waals surface area contributed by atoms with Gasteiger partial charge in [0.05, 0.1) is 0 Å². The highest BCUT2D eigenvalue weighted by molar-refractivity contribution is 7.80. The van der Waals surface area contributed by atoms with Crippen LogP contribution in [0.15, 0.2) is 30.3 Å². The van der Waals surface area contributed by atoms with Gasteiger partial charge in [-0.05, 0) is 30.6 Å². The van der Waals surface area contributed by atoms with E-state index in [2.05, 4.69) is 41.8 Å². The minimum Gasteiger partial charge on any atom is -0.363 e. The smallest absolute Gasteiger partial charge is 0.166 e. The lowest BCUT2D eigenvalue weighted by Gasteiger charge is -2.14. The summed E-state index contributed by atoms with van der Waals surface area (Å²) in [6.07, 6.45) is 0. The number of hydrogen-bond donors (Lipinski definition) is 2. The fraction of sp³-hybridized carbons (Fsp3) is 0.417. The first-order valence-electron chi connectivity index (χ1n) is 5.30. The minimum atomic E-state index is 0.475. The van der Waals surface area contributed by atoms with Crippen molar-refractivity contribution in [2.75, 3.05) is 13.1 Å². The SMILES string of the molecule is CCNC(=S)NCC(C)c1ccccc1. The van der Waals surface area contributed by atoms with Gasteiger partial charge in [0.1, 0.15) is 0 Å². The molecule has 0 spiro atoms. The van der Waals surface area contributed by atoms with Gasteiger partial charge in [0.15, 0.2) is 5.11 Å². The second-order valence-electron chi connectivity index (χ2n) is 3.55. The lowest BCUT2D eigenvalue weighted by molar-refractivity contribution is 0.711.